The highest BCUT2D eigenvalue weighted by Gasteiger charge is 2.20. The van der Waals surface area contributed by atoms with Gasteiger partial charge in [-0.05, 0) is 37.1 Å². The van der Waals surface area contributed by atoms with Gasteiger partial charge in [-0.1, -0.05) is 12.1 Å². The zero-order valence-electron chi connectivity index (χ0n) is 14.8. The Morgan fingerprint density at radius 2 is 2.24 bits per heavy atom. The number of piperidine rings is 1. The molecule has 2 saturated heterocycles. The van der Waals surface area contributed by atoms with Gasteiger partial charge in [0, 0.05) is 32.7 Å². The molecule has 0 saturated carbocycles. The first-order chi connectivity index (χ1) is 12.3. The summed E-state index contributed by atoms with van der Waals surface area (Å²) < 4.78 is 11.2. The molecule has 1 aromatic carbocycles. The zero-order valence-corrected chi connectivity index (χ0v) is 14.8. The van der Waals surface area contributed by atoms with Gasteiger partial charge >= 0.3 is 0 Å². The van der Waals surface area contributed by atoms with Crippen molar-refractivity contribution >= 4 is 5.91 Å². The summed E-state index contributed by atoms with van der Waals surface area (Å²) in [7, 11) is 0. The van der Waals surface area contributed by atoms with Crippen LogP contribution in [-0.4, -0.2) is 63.4 Å². The highest BCUT2D eigenvalue weighted by atomic mass is 16.5. The Bertz CT molecular complexity index is 540. The molecule has 3 rings (SSSR count). The van der Waals surface area contributed by atoms with Crippen molar-refractivity contribution in [3.8, 4) is 5.75 Å². The SMILES string of the molecule is O=C(NCc1cccc(OCCN2CCOCC2)c1)C1CCCNC1. The molecule has 0 bridgehead atoms. The van der Waals surface area contributed by atoms with Gasteiger partial charge < -0.3 is 20.1 Å². The van der Waals surface area contributed by atoms with Gasteiger partial charge in [-0.3, -0.25) is 9.69 Å². The molecule has 2 fully saturated rings. The Labute approximate surface area is 149 Å². The van der Waals surface area contributed by atoms with Crippen LogP contribution in [0.1, 0.15) is 18.4 Å². The molecule has 2 aliphatic rings. The monoisotopic (exact) mass is 347 g/mol. The van der Waals surface area contributed by atoms with Gasteiger partial charge in [0.2, 0.25) is 5.91 Å². The number of carbonyl (C=O) groups is 1. The van der Waals surface area contributed by atoms with Crippen LogP contribution >= 0.6 is 0 Å². The first kappa shape index (κ1) is 18.2. The lowest BCUT2D eigenvalue weighted by atomic mass is 9.99. The van der Waals surface area contributed by atoms with Crippen molar-refractivity contribution in [2.75, 3.05) is 52.5 Å². The van der Waals surface area contributed by atoms with E-state index in [0.29, 0.717) is 13.2 Å². The van der Waals surface area contributed by atoms with Crippen molar-refractivity contribution in [2.24, 2.45) is 5.92 Å². The summed E-state index contributed by atoms with van der Waals surface area (Å²) in [5.74, 6) is 1.10. The Morgan fingerprint density at radius 3 is 3.04 bits per heavy atom. The fraction of sp³-hybridized carbons (Fsp3) is 0.632. The average Bonchev–Trinajstić information content (AvgIpc) is 2.68. The second-order valence-corrected chi connectivity index (χ2v) is 6.71. The van der Waals surface area contributed by atoms with Gasteiger partial charge in [0.15, 0.2) is 0 Å². The Kier molecular flexibility index (Phi) is 7.09. The largest absolute Gasteiger partial charge is 0.492 e. The van der Waals surface area contributed by atoms with E-state index in [9.17, 15) is 4.79 Å². The third kappa shape index (κ3) is 5.99. The maximum Gasteiger partial charge on any atom is 0.224 e. The van der Waals surface area contributed by atoms with Crippen LogP contribution in [0.15, 0.2) is 24.3 Å². The van der Waals surface area contributed by atoms with Gasteiger partial charge in [-0.2, -0.15) is 0 Å². The lowest BCUT2D eigenvalue weighted by Crippen LogP contribution is -2.40. The standard InChI is InChI=1S/C19H29N3O3/c23-19(17-4-2-6-20-15-17)21-14-16-3-1-5-18(13-16)25-12-9-22-7-10-24-11-8-22/h1,3,5,13,17,20H,2,4,6-12,14-15H2,(H,21,23). The number of amides is 1. The van der Waals surface area contributed by atoms with Crippen LogP contribution in [0, 0.1) is 5.92 Å². The molecular formula is C19H29N3O3. The van der Waals surface area contributed by atoms with Crippen molar-refractivity contribution in [3.05, 3.63) is 29.8 Å². The van der Waals surface area contributed by atoms with Gasteiger partial charge in [-0.15, -0.1) is 0 Å². The normalized spacial score (nSPS) is 21.7. The molecule has 6 nitrogen and oxygen atoms in total. The molecule has 1 unspecified atom stereocenters. The molecule has 0 aromatic heterocycles. The number of hydrogen-bond acceptors (Lipinski definition) is 5. The number of nitrogens with zero attached hydrogens (tertiary/aromatic N) is 1. The maximum atomic E-state index is 12.2. The van der Waals surface area contributed by atoms with Crippen molar-refractivity contribution < 1.29 is 14.3 Å². The van der Waals surface area contributed by atoms with Crippen LogP contribution in [0.25, 0.3) is 0 Å². The van der Waals surface area contributed by atoms with Crippen molar-refractivity contribution in [3.63, 3.8) is 0 Å². The van der Waals surface area contributed by atoms with Gasteiger partial charge in [0.1, 0.15) is 12.4 Å². The first-order valence-electron chi connectivity index (χ1n) is 9.31. The number of benzene rings is 1. The second kappa shape index (κ2) is 9.75. The minimum Gasteiger partial charge on any atom is -0.492 e. The summed E-state index contributed by atoms with van der Waals surface area (Å²) in [6.45, 7) is 7.52. The van der Waals surface area contributed by atoms with Crippen LogP contribution in [0.3, 0.4) is 0 Å². The van der Waals surface area contributed by atoms with E-state index in [1.165, 1.54) is 0 Å². The predicted octanol–water partition coefficient (Wildman–Crippen LogP) is 1.01. The van der Waals surface area contributed by atoms with Crippen molar-refractivity contribution in [1.82, 2.24) is 15.5 Å². The van der Waals surface area contributed by atoms with Gasteiger partial charge in [0.05, 0.1) is 19.1 Å². The summed E-state index contributed by atoms with van der Waals surface area (Å²) >= 11 is 0. The summed E-state index contributed by atoms with van der Waals surface area (Å²) in [5, 5.41) is 6.33. The molecule has 1 atom stereocenters. The van der Waals surface area contributed by atoms with E-state index in [1.807, 2.05) is 24.3 Å². The van der Waals surface area contributed by atoms with Gasteiger partial charge in [0.25, 0.3) is 0 Å². The average molecular weight is 347 g/mol. The smallest absolute Gasteiger partial charge is 0.224 e. The van der Waals surface area contributed by atoms with E-state index < -0.39 is 0 Å². The maximum absolute atomic E-state index is 12.2. The highest BCUT2D eigenvalue weighted by molar-refractivity contribution is 5.78. The molecule has 1 amide bonds. The van der Waals surface area contributed by atoms with E-state index in [0.717, 1.165) is 70.1 Å². The molecule has 0 aliphatic carbocycles. The minimum absolute atomic E-state index is 0.0988. The number of nitrogens with one attached hydrogen (secondary N) is 2. The first-order valence-corrected chi connectivity index (χ1v) is 9.31. The summed E-state index contributed by atoms with van der Waals surface area (Å²) in [6, 6.07) is 7.98. The molecule has 0 radical (unpaired) electrons. The predicted molar refractivity (Wildman–Crippen MR) is 96.6 cm³/mol. The van der Waals surface area contributed by atoms with Gasteiger partial charge in [-0.25, -0.2) is 0 Å². The Morgan fingerprint density at radius 1 is 1.36 bits per heavy atom. The molecule has 0 spiro atoms. The zero-order chi connectivity index (χ0) is 17.3. The fourth-order valence-corrected chi connectivity index (χ4v) is 3.27. The molecular weight excluding hydrogens is 318 g/mol. The lowest BCUT2D eigenvalue weighted by Gasteiger charge is -2.26. The lowest BCUT2D eigenvalue weighted by molar-refractivity contribution is -0.125. The Hall–Kier alpha value is -1.63. The molecule has 6 heteroatoms. The number of rotatable bonds is 7. The topological polar surface area (TPSA) is 62.8 Å². The third-order valence-electron chi connectivity index (χ3n) is 4.81. The summed E-state index contributed by atoms with van der Waals surface area (Å²) in [5.41, 5.74) is 1.07. The van der Waals surface area contributed by atoms with Crippen LogP contribution < -0.4 is 15.4 Å². The summed E-state index contributed by atoms with van der Waals surface area (Å²) in [6.07, 6.45) is 2.05. The van der Waals surface area contributed by atoms with E-state index >= 15 is 0 Å². The molecule has 138 valence electrons. The molecule has 2 heterocycles. The number of ether oxygens (including phenoxy) is 2. The Balaban J connectivity index is 1.40. The van der Waals surface area contributed by atoms with Crippen molar-refractivity contribution in [2.45, 2.75) is 19.4 Å². The molecule has 25 heavy (non-hydrogen) atoms. The van der Waals surface area contributed by atoms with E-state index in [2.05, 4.69) is 15.5 Å². The quantitative estimate of drug-likeness (QED) is 0.771. The number of carbonyl (C=O) groups excluding carboxylic acids is 1. The van der Waals surface area contributed by atoms with Crippen LogP contribution in [0.2, 0.25) is 0 Å². The molecule has 1 aromatic rings. The van der Waals surface area contributed by atoms with Crippen LogP contribution in [0.4, 0.5) is 0 Å². The van der Waals surface area contributed by atoms with Crippen molar-refractivity contribution in [1.29, 1.82) is 0 Å². The van der Waals surface area contributed by atoms with Crippen LogP contribution in [0.5, 0.6) is 5.75 Å². The highest BCUT2D eigenvalue weighted by Crippen LogP contribution is 2.14. The minimum atomic E-state index is 0.0988. The molecule has 2 N–H and O–H groups in total. The third-order valence-corrected chi connectivity index (χ3v) is 4.81. The fourth-order valence-electron chi connectivity index (χ4n) is 3.27. The van der Waals surface area contributed by atoms with E-state index in [-0.39, 0.29) is 11.8 Å². The number of hydrogen-bond donors (Lipinski definition) is 2. The second-order valence-electron chi connectivity index (χ2n) is 6.71. The van der Waals surface area contributed by atoms with E-state index in [4.69, 9.17) is 9.47 Å². The van der Waals surface area contributed by atoms with Crippen LogP contribution in [-0.2, 0) is 16.1 Å². The molecule has 2 aliphatic heterocycles. The van der Waals surface area contributed by atoms with E-state index in [1.54, 1.807) is 0 Å². The summed E-state index contributed by atoms with van der Waals surface area (Å²) in [4.78, 5) is 14.6. The number of morpholine rings is 1.